The number of esters is 1. The zero-order valence-electron chi connectivity index (χ0n) is 16.5. The topological polar surface area (TPSA) is 91.4 Å². The van der Waals surface area contributed by atoms with Gasteiger partial charge in [0.25, 0.3) is 11.1 Å². The molecule has 30 heavy (non-hydrogen) atoms. The molecule has 1 fully saturated rings. The van der Waals surface area contributed by atoms with Gasteiger partial charge in [-0.25, -0.2) is 9.69 Å². The molecular weight excluding hydrogens is 410 g/mol. The lowest BCUT2D eigenvalue weighted by atomic mass is 10.1. The number of imide groups is 1. The van der Waals surface area contributed by atoms with Crippen LogP contribution in [0.4, 0.5) is 10.5 Å². The maximum Gasteiger partial charge on any atom is 0.343 e. The Kier molecular flexibility index (Phi) is 6.63. The Labute approximate surface area is 177 Å². The van der Waals surface area contributed by atoms with Gasteiger partial charge in [0.1, 0.15) is 5.75 Å². The number of benzene rings is 2. The van der Waals surface area contributed by atoms with Crippen LogP contribution in [0, 0.1) is 0 Å². The van der Waals surface area contributed by atoms with Crippen LogP contribution in [0.25, 0.3) is 6.08 Å². The van der Waals surface area contributed by atoms with E-state index in [9.17, 15) is 14.4 Å². The van der Waals surface area contributed by atoms with Crippen molar-refractivity contribution in [1.29, 1.82) is 0 Å². The predicted molar refractivity (Wildman–Crippen MR) is 112 cm³/mol. The van der Waals surface area contributed by atoms with Crippen molar-refractivity contribution in [2.75, 3.05) is 32.8 Å². The third-order valence-corrected chi connectivity index (χ3v) is 5.05. The highest BCUT2D eigenvalue weighted by atomic mass is 32.2. The zero-order chi connectivity index (χ0) is 21.7. The molecule has 0 saturated carbocycles. The summed E-state index contributed by atoms with van der Waals surface area (Å²) in [6.07, 6.45) is 1.59. The third-order valence-electron chi connectivity index (χ3n) is 4.18. The van der Waals surface area contributed by atoms with Crippen molar-refractivity contribution in [3.63, 3.8) is 0 Å². The second-order valence-electron chi connectivity index (χ2n) is 5.96. The molecule has 0 aliphatic carbocycles. The van der Waals surface area contributed by atoms with Crippen LogP contribution in [-0.2, 0) is 14.3 Å². The van der Waals surface area contributed by atoms with Crippen molar-refractivity contribution in [2.45, 2.75) is 0 Å². The number of rotatable bonds is 7. The Balaban J connectivity index is 1.85. The molecule has 0 bridgehead atoms. The second kappa shape index (κ2) is 9.36. The van der Waals surface area contributed by atoms with Gasteiger partial charge in [-0.3, -0.25) is 9.59 Å². The molecule has 2 aromatic rings. The van der Waals surface area contributed by atoms with E-state index in [1.807, 2.05) is 0 Å². The molecule has 0 N–H and O–H groups in total. The summed E-state index contributed by atoms with van der Waals surface area (Å²) >= 11 is 0.835. The maximum atomic E-state index is 12.9. The van der Waals surface area contributed by atoms with Gasteiger partial charge in [-0.2, -0.15) is 0 Å². The number of anilines is 1. The van der Waals surface area contributed by atoms with E-state index < -0.39 is 17.1 Å². The van der Waals surface area contributed by atoms with Crippen LogP contribution in [0.3, 0.4) is 0 Å². The van der Waals surface area contributed by atoms with Crippen LogP contribution < -0.4 is 19.1 Å². The molecule has 1 heterocycles. The number of hydrogen-bond acceptors (Lipinski definition) is 8. The van der Waals surface area contributed by atoms with E-state index in [1.54, 1.807) is 48.5 Å². The van der Waals surface area contributed by atoms with E-state index in [0.717, 1.165) is 16.7 Å². The number of para-hydroxylation sites is 2. The lowest BCUT2D eigenvalue weighted by Gasteiger charge is -2.15. The molecule has 1 aliphatic rings. The monoisotopic (exact) mass is 429 g/mol. The first-order valence-electron chi connectivity index (χ1n) is 8.77. The molecule has 156 valence electrons. The number of ether oxygens (including phenoxy) is 4. The summed E-state index contributed by atoms with van der Waals surface area (Å²) in [7, 11) is 4.20. The minimum absolute atomic E-state index is 0.260. The highest BCUT2D eigenvalue weighted by molar-refractivity contribution is 8.19. The summed E-state index contributed by atoms with van der Waals surface area (Å²) in [5, 5.41) is -0.416. The fourth-order valence-corrected chi connectivity index (χ4v) is 3.56. The summed E-state index contributed by atoms with van der Waals surface area (Å²) in [6.45, 7) is -0.260. The maximum absolute atomic E-state index is 12.9. The smallest absolute Gasteiger partial charge is 0.343 e. The number of amides is 2. The van der Waals surface area contributed by atoms with E-state index in [0.29, 0.717) is 28.5 Å². The Morgan fingerprint density at radius 1 is 1.00 bits per heavy atom. The molecule has 2 aromatic carbocycles. The molecule has 2 amide bonds. The van der Waals surface area contributed by atoms with Crippen LogP contribution in [0.1, 0.15) is 5.56 Å². The lowest BCUT2D eigenvalue weighted by molar-refractivity contribution is -0.142. The van der Waals surface area contributed by atoms with Gasteiger partial charge in [-0.1, -0.05) is 18.2 Å². The van der Waals surface area contributed by atoms with E-state index in [4.69, 9.17) is 14.2 Å². The van der Waals surface area contributed by atoms with Gasteiger partial charge in [0, 0.05) is 0 Å². The Morgan fingerprint density at radius 3 is 2.43 bits per heavy atom. The summed E-state index contributed by atoms with van der Waals surface area (Å²) in [5.41, 5.74) is 1.01. The van der Waals surface area contributed by atoms with Crippen LogP contribution in [0.2, 0.25) is 0 Å². The zero-order valence-corrected chi connectivity index (χ0v) is 17.4. The standard InChI is InChI=1S/C21H19NO7S/c1-26-15-7-5-4-6-14(15)22-20(24)18(30-21(22)25)11-13-8-9-16(17(10-13)27-2)29-12-19(23)28-3/h4-11H,12H2,1-3H3/b18-11-. The molecule has 9 heteroatoms. The fourth-order valence-electron chi connectivity index (χ4n) is 2.73. The van der Waals surface area contributed by atoms with Gasteiger partial charge in [0.15, 0.2) is 18.1 Å². The molecule has 0 aromatic heterocycles. The van der Waals surface area contributed by atoms with Gasteiger partial charge in [0.2, 0.25) is 0 Å². The largest absolute Gasteiger partial charge is 0.495 e. The third kappa shape index (κ3) is 4.41. The van der Waals surface area contributed by atoms with Gasteiger partial charge < -0.3 is 18.9 Å². The molecule has 0 atom stereocenters. The van der Waals surface area contributed by atoms with E-state index in [-0.39, 0.29) is 11.5 Å². The molecule has 1 saturated heterocycles. The van der Waals surface area contributed by atoms with Crippen molar-refractivity contribution < 1.29 is 33.3 Å². The highest BCUT2D eigenvalue weighted by Crippen LogP contribution is 2.40. The molecule has 0 radical (unpaired) electrons. The van der Waals surface area contributed by atoms with E-state index in [2.05, 4.69) is 4.74 Å². The van der Waals surface area contributed by atoms with Crippen molar-refractivity contribution in [2.24, 2.45) is 0 Å². The van der Waals surface area contributed by atoms with Crippen LogP contribution in [-0.4, -0.2) is 45.1 Å². The van der Waals surface area contributed by atoms with Crippen molar-refractivity contribution in [1.82, 2.24) is 0 Å². The van der Waals surface area contributed by atoms with Gasteiger partial charge in [-0.05, 0) is 47.7 Å². The van der Waals surface area contributed by atoms with E-state index in [1.165, 1.54) is 21.3 Å². The van der Waals surface area contributed by atoms with Crippen LogP contribution >= 0.6 is 11.8 Å². The molecule has 1 aliphatic heterocycles. The van der Waals surface area contributed by atoms with Crippen molar-refractivity contribution >= 4 is 40.6 Å². The van der Waals surface area contributed by atoms with Gasteiger partial charge in [-0.15, -0.1) is 0 Å². The number of nitrogens with zero attached hydrogens (tertiary/aromatic N) is 1. The molecule has 3 rings (SSSR count). The number of thioether (sulfide) groups is 1. The molecule has 8 nitrogen and oxygen atoms in total. The number of hydrogen-bond donors (Lipinski definition) is 0. The Bertz CT molecular complexity index is 1020. The van der Waals surface area contributed by atoms with E-state index >= 15 is 0 Å². The summed E-state index contributed by atoms with van der Waals surface area (Å²) in [6, 6.07) is 11.7. The number of carbonyl (C=O) groups excluding carboxylic acids is 3. The molecular formula is C21H19NO7S. The van der Waals surface area contributed by atoms with Crippen LogP contribution in [0.5, 0.6) is 17.2 Å². The SMILES string of the molecule is COC(=O)COc1ccc(/C=C2\SC(=O)N(c3ccccc3OC)C2=O)cc1OC. The molecule has 0 spiro atoms. The van der Waals surface area contributed by atoms with Crippen LogP contribution in [0.15, 0.2) is 47.4 Å². The average molecular weight is 429 g/mol. The second-order valence-corrected chi connectivity index (χ2v) is 6.96. The predicted octanol–water partition coefficient (Wildman–Crippen LogP) is 3.50. The normalized spacial score (nSPS) is 14.8. The Morgan fingerprint density at radius 2 is 1.73 bits per heavy atom. The first-order chi connectivity index (χ1) is 14.5. The minimum atomic E-state index is -0.522. The van der Waals surface area contributed by atoms with Crippen molar-refractivity contribution in [3.8, 4) is 17.2 Å². The van der Waals surface area contributed by atoms with Gasteiger partial charge >= 0.3 is 5.97 Å². The number of methoxy groups -OCH3 is 3. The van der Waals surface area contributed by atoms with Gasteiger partial charge in [0.05, 0.1) is 31.9 Å². The highest BCUT2D eigenvalue weighted by Gasteiger charge is 2.37. The summed E-state index contributed by atoms with van der Waals surface area (Å²) in [4.78, 5) is 38.0. The Hall–Kier alpha value is -3.46. The molecule has 0 unspecified atom stereocenters. The number of carbonyl (C=O) groups is 3. The average Bonchev–Trinajstić information content (AvgIpc) is 3.04. The lowest BCUT2D eigenvalue weighted by Crippen LogP contribution is -2.28. The van der Waals surface area contributed by atoms with Crippen molar-refractivity contribution in [3.05, 3.63) is 52.9 Å². The summed E-state index contributed by atoms with van der Waals surface area (Å²) in [5.74, 6) is 0.180. The fraction of sp³-hybridized carbons (Fsp3) is 0.190. The summed E-state index contributed by atoms with van der Waals surface area (Å²) < 4.78 is 20.5. The quantitative estimate of drug-likeness (QED) is 0.488. The minimum Gasteiger partial charge on any atom is -0.495 e. The first-order valence-corrected chi connectivity index (χ1v) is 9.58. The first kappa shape index (κ1) is 21.3.